The molecule has 9 heteroatoms. The standard InChI is InChI=1S/2C3H9NO.H2O4S/c2*1-3(2)4-5;1-5(2,3)4/h2*3-5H,1-2H3;(H2,1,2,3,4)/p-2. The van der Waals surface area contributed by atoms with Crippen LogP contribution in [0, 0.1) is 0 Å². The number of hydrogen-bond acceptors (Lipinski definition) is 8. The van der Waals surface area contributed by atoms with Gasteiger partial charge in [-0.3, -0.25) is 8.42 Å². The summed E-state index contributed by atoms with van der Waals surface area (Å²) >= 11 is 0. The maximum absolute atomic E-state index is 8.52. The van der Waals surface area contributed by atoms with Crippen LogP contribution in [-0.2, 0) is 10.4 Å². The topological polar surface area (TPSA) is 145 Å². The lowest BCUT2D eigenvalue weighted by molar-refractivity contribution is 0.140. The Morgan fingerprint density at radius 2 is 1.00 bits per heavy atom. The first-order valence-corrected chi connectivity index (χ1v) is 5.33. The van der Waals surface area contributed by atoms with E-state index in [1.165, 1.54) is 0 Å². The molecule has 0 atom stereocenters. The molecule has 0 aromatic carbocycles. The molecule has 0 unspecified atom stereocenters. The molecule has 0 saturated heterocycles. The van der Waals surface area contributed by atoms with E-state index in [1.54, 1.807) is 0 Å². The number of rotatable bonds is 2. The lowest BCUT2D eigenvalue weighted by Gasteiger charge is -2.06. The average molecular weight is 246 g/mol. The van der Waals surface area contributed by atoms with Crippen molar-refractivity contribution in [3.8, 4) is 0 Å². The largest absolute Gasteiger partial charge is 0.759 e. The third-order valence-electron chi connectivity index (χ3n) is 0.516. The zero-order valence-corrected chi connectivity index (χ0v) is 9.91. The van der Waals surface area contributed by atoms with Crippen molar-refractivity contribution >= 4 is 10.4 Å². The summed E-state index contributed by atoms with van der Waals surface area (Å²) < 4.78 is 34.1. The van der Waals surface area contributed by atoms with Crippen LogP contribution in [0.25, 0.3) is 0 Å². The maximum Gasteiger partial charge on any atom is 0.0311 e. The number of hydrogen-bond donors (Lipinski definition) is 4. The normalized spacial score (nSPS) is 10.3. The first-order valence-electron chi connectivity index (χ1n) is 4.00. The maximum atomic E-state index is 8.52. The molecular weight excluding hydrogens is 228 g/mol. The van der Waals surface area contributed by atoms with Crippen LogP contribution in [0.2, 0.25) is 0 Å². The van der Waals surface area contributed by atoms with Gasteiger partial charge in [-0.15, -0.1) is 0 Å². The minimum absolute atomic E-state index is 0.190. The van der Waals surface area contributed by atoms with Crippen molar-refractivity contribution in [1.82, 2.24) is 11.0 Å². The van der Waals surface area contributed by atoms with Crippen molar-refractivity contribution in [2.24, 2.45) is 0 Å². The van der Waals surface area contributed by atoms with Gasteiger partial charge in [0.2, 0.25) is 0 Å². The molecule has 0 bridgehead atoms. The van der Waals surface area contributed by atoms with Crippen LogP contribution in [-0.4, -0.2) is 40.0 Å². The van der Waals surface area contributed by atoms with Gasteiger partial charge in [0, 0.05) is 22.5 Å². The predicted molar refractivity (Wildman–Crippen MR) is 50.6 cm³/mol. The second-order valence-electron chi connectivity index (χ2n) is 2.98. The Hall–Kier alpha value is -0.290. The number of hydroxylamine groups is 2. The molecule has 0 aliphatic carbocycles. The molecule has 8 nitrogen and oxygen atoms in total. The van der Waals surface area contributed by atoms with Gasteiger partial charge in [0.1, 0.15) is 0 Å². The fraction of sp³-hybridized carbons (Fsp3) is 1.00. The summed E-state index contributed by atoms with van der Waals surface area (Å²) in [6.45, 7) is 7.44. The first-order chi connectivity index (χ1) is 6.54. The quantitative estimate of drug-likeness (QED) is 0.287. The summed E-state index contributed by atoms with van der Waals surface area (Å²) in [4.78, 5) is 0. The molecule has 0 heterocycles. The Balaban J connectivity index is -0.000000144. The van der Waals surface area contributed by atoms with Crippen molar-refractivity contribution in [2.75, 3.05) is 0 Å². The SMILES string of the molecule is CC(C)NO.CC(C)NO.O=S(=O)([O-])[O-]. The number of nitrogens with one attached hydrogen (secondary N) is 2. The smallest absolute Gasteiger partial charge is 0.0311 e. The molecule has 15 heavy (non-hydrogen) atoms. The summed E-state index contributed by atoms with van der Waals surface area (Å²) in [5.74, 6) is 0. The van der Waals surface area contributed by atoms with Crippen LogP contribution < -0.4 is 11.0 Å². The van der Waals surface area contributed by atoms with Crippen LogP contribution in [0.15, 0.2) is 0 Å². The van der Waals surface area contributed by atoms with E-state index in [0.29, 0.717) is 0 Å². The lowest BCUT2D eigenvalue weighted by Crippen LogP contribution is -2.16. The Kier molecular flexibility index (Phi) is 15.8. The molecule has 0 aromatic heterocycles. The highest BCUT2D eigenvalue weighted by molar-refractivity contribution is 7.79. The molecule has 0 amide bonds. The van der Waals surface area contributed by atoms with Gasteiger partial charge in [-0.25, -0.2) is 11.0 Å². The van der Waals surface area contributed by atoms with Crippen molar-refractivity contribution in [3.05, 3.63) is 0 Å². The summed E-state index contributed by atoms with van der Waals surface area (Å²) in [7, 11) is -5.17. The summed E-state index contributed by atoms with van der Waals surface area (Å²) in [6.07, 6.45) is 0. The van der Waals surface area contributed by atoms with Crippen LogP contribution in [0.1, 0.15) is 27.7 Å². The van der Waals surface area contributed by atoms with E-state index in [9.17, 15) is 0 Å². The Labute approximate surface area is 89.8 Å². The van der Waals surface area contributed by atoms with E-state index in [0.717, 1.165) is 0 Å². The van der Waals surface area contributed by atoms with Crippen LogP contribution in [0.5, 0.6) is 0 Å². The molecule has 0 aliphatic heterocycles. The molecule has 0 fully saturated rings. The van der Waals surface area contributed by atoms with E-state index in [2.05, 4.69) is 0 Å². The van der Waals surface area contributed by atoms with Crippen LogP contribution in [0.4, 0.5) is 0 Å². The van der Waals surface area contributed by atoms with E-state index in [4.69, 9.17) is 27.9 Å². The second-order valence-corrected chi connectivity index (χ2v) is 3.79. The molecular formula is C6H18N2O6S-2. The van der Waals surface area contributed by atoms with Gasteiger partial charge in [0.25, 0.3) is 0 Å². The zero-order valence-electron chi connectivity index (χ0n) is 9.09. The fourth-order valence-electron chi connectivity index (χ4n) is 0. The van der Waals surface area contributed by atoms with E-state index in [-0.39, 0.29) is 12.1 Å². The Morgan fingerprint density at radius 1 is 0.933 bits per heavy atom. The average Bonchev–Trinajstić information content (AvgIpc) is 2.02. The molecule has 0 radical (unpaired) electrons. The van der Waals surface area contributed by atoms with Crippen molar-refractivity contribution < 1.29 is 27.9 Å². The monoisotopic (exact) mass is 246 g/mol. The summed E-state index contributed by atoms with van der Waals surface area (Å²) in [5, 5.41) is 15.8. The Bertz CT molecular complexity index is 188. The molecule has 4 N–H and O–H groups in total. The van der Waals surface area contributed by atoms with Crippen LogP contribution >= 0.6 is 0 Å². The third-order valence-corrected chi connectivity index (χ3v) is 0.516. The minimum atomic E-state index is -5.17. The van der Waals surface area contributed by atoms with Gasteiger partial charge in [-0.05, 0) is 27.7 Å². The van der Waals surface area contributed by atoms with Gasteiger partial charge in [-0.1, -0.05) is 0 Å². The van der Waals surface area contributed by atoms with Crippen LogP contribution in [0.3, 0.4) is 0 Å². The van der Waals surface area contributed by atoms with Crippen molar-refractivity contribution in [2.45, 2.75) is 39.8 Å². The molecule has 0 rings (SSSR count). The molecule has 0 saturated carbocycles. The zero-order chi connectivity index (χ0) is 13.1. The highest BCUT2D eigenvalue weighted by atomic mass is 32.3. The summed E-state index contributed by atoms with van der Waals surface area (Å²) in [6, 6.07) is 0.380. The van der Waals surface area contributed by atoms with Gasteiger partial charge in [-0.2, -0.15) is 0 Å². The van der Waals surface area contributed by atoms with Crippen molar-refractivity contribution in [3.63, 3.8) is 0 Å². The third kappa shape index (κ3) is 137. The fourth-order valence-corrected chi connectivity index (χ4v) is 0. The van der Waals surface area contributed by atoms with Gasteiger partial charge < -0.3 is 19.5 Å². The second kappa shape index (κ2) is 11.8. The van der Waals surface area contributed by atoms with Gasteiger partial charge >= 0.3 is 0 Å². The molecule has 0 spiro atoms. The predicted octanol–water partition coefficient (Wildman–Crippen LogP) is -0.591. The van der Waals surface area contributed by atoms with E-state index < -0.39 is 10.4 Å². The lowest BCUT2D eigenvalue weighted by atomic mass is 10.4. The Morgan fingerprint density at radius 3 is 1.00 bits per heavy atom. The van der Waals surface area contributed by atoms with Gasteiger partial charge in [0.05, 0.1) is 0 Å². The summed E-state index contributed by atoms with van der Waals surface area (Å²) in [5.41, 5.74) is 4.06. The van der Waals surface area contributed by atoms with Gasteiger partial charge in [0.15, 0.2) is 0 Å². The molecule has 0 aliphatic rings. The molecule has 0 aromatic rings. The van der Waals surface area contributed by atoms with E-state index in [1.807, 2.05) is 38.7 Å². The highest BCUT2D eigenvalue weighted by Gasteiger charge is 1.79. The first kappa shape index (κ1) is 20.2. The highest BCUT2D eigenvalue weighted by Crippen LogP contribution is 1.66. The molecule has 96 valence electrons. The van der Waals surface area contributed by atoms with E-state index >= 15 is 0 Å². The van der Waals surface area contributed by atoms with Crippen molar-refractivity contribution in [1.29, 1.82) is 0 Å². The minimum Gasteiger partial charge on any atom is -0.759 e.